The van der Waals surface area contributed by atoms with Crippen LogP contribution >= 0.6 is 0 Å². The zero-order valence-corrected chi connectivity index (χ0v) is 18.0. The van der Waals surface area contributed by atoms with Crippen LogP contribution in [0.15, 0.2) is 90.2 Å². The van der Waals surface area contributed by atoms with Crippen molar-refractivity contribution in [3.05, 3.63) is 96.2 Å². The Kier molecular flexibility index (Phi) is 5.34. The molecule has 2 heterocycles. The molecule has 0 saturated heterocycles. The molecule has 1 atom stereocenters. The summed E-state index contributed by atoms with van der Waals surface area (Å²) < 4.78 is 12.5. The molecule has 6 heteroatoms. The van der Waals surface area contributed by atoms with Gasteiger partial charge in [-0.2, -0.15) is 10.2 Å². The highest BCUT2D eigenvalue weighted by Gasteiger charge is 2.26. The van der Waals surface area contributed by atoms with Gasteiger partial charge >= 0.3 is 0 Å². The number of benzene rings is 3. The lowest BCUT2D eigenvalue weighted by molar-refractivity contribution is 0.414. The average Bonchev–Trinajstić information content (AvgIpc) is 3.52. The standard InChI is InChI=1S/C26H24N4O2/c1-31-21-12-8-18(9-13-21)24-16-25(28-27-24)23-17-30(20-6-4-3-5-7-20)29-26(23)19-10-14-22(32-2)15-11-19/h3-15,17,25,28H,16H2,1-2H3. The lowest BCUT2D eigenvalue weighted by atomic mass is 9.97. The van der Waals surface area contributed by atoms with Gasteiger partial charge in [-0.05, 0) is 66.2 Å². The van der Waals surface area contributed by atoms with Gasteiger partial charge in [0.1, 0.15) is 11.5 Å². The summed E-state index contributed by atoms with van der Waals surface area (Å²) in [7, 11) is 3.34. The van der Waals surface area contributed by atoms with Gasteiger partial charge in [0.15, 0.2) is 0 Å². The molecule has 4 aromatic rings. The minimum Gasteiger partial charge on any atom is -0.497 e. The third-order valence-corrected chi connectivity index (χ3v) is 5.68. The highest BCUT2D eigenvalue weighted by Crippen LogP contribution is 2.34. The Morgan fingerprint density at radius 3 is 2.06 bits per heavy atom. The zero-order chi connectivity index (χ0) is 21.9. The van der Waals surface area contributed by atoms with E-state index in [4.69, 9.17) is 14.6 Å². The van der Waals surface area contributed by atoms with Crippen LogP contribution in [0.4, 0.5) is 0 Å². The molecule has 1 aliphatic heterocycles. The van der Waals surface area contributed by atoms with Gasteiger partial charge in [-0.3, -0.25) is 0 Å². The third kappa shape index (κ3) is 3.83. The fourth-order valence-corrected chi connectivity index (χ4v) is 3.91. The molecule has 1 unspecified atom stereocenters. The number of ether oxygens (including phenoxy) is 2. The van der Waals surface area contributed by atoms with Crippen molar-refractivity contribution >= 4 is 5.71 Å². The summed E-state index contributed by atoms with van der Waals surface area (Å²) in [4.78, 5) is 0. The smallest absolute Gasteiger partial charge is 0.118 e. The van der Waals surface area contributed by atoms with E-state index < -0.39 is 0 Å². The van der Waals surface area contributed by atoms with E-state index in [2.05, 4.69) is 28.9 Å². The van der Waals surface area contributed by atoms with E-state index in [1.54, 1.807) is 14.2 Å². The molecule has 0 amide bonds. The molecule has 1 N–H and O–H groups in total. The van der Waals surface area contributed by atoms with E-state index in [-0.39, 0.29) is 6.04 Å². The summed E-state index contributed by atoms with van der Waals surface area (Å²) in [6, 6.07) is 26.2. The number of hydrogen-bond donors (Lipinski definition) is 1. The van der Waals surface area contributed by atoms with Crippen LogP contribution in [-0.2, 0) is 0 Å². The van der Waals surface area contributed by atoms with Gasteiger partial charge < -0.3 is 14.9 Å². The molecule has 0 spiro atoms. The summed E-state index contributed by atoms with van der Waals surface area (Å²) in [5.41, 5.74) is 9.52. The van der Waals surface area contributed by atoms with Gasteiger partial charge in [0.2, 0.25) is 0 Å². The van der Waals surface area contributed by atoms with Gasteiger partial charge in [0, 0.05) is 23.7 Å². The Morgan fingerprint density at radius 1 is 0.812 bits per heavy atom. The summed E-state index contributed by atoms with van der Waals surface area (Å²) >= 11 is 0. The third-order valence-electron chi connectivity index (χ3n) is 5.68. The molecule has 0 radical (unpaired) electrons. The molecule has 32 heavy (non-hydrogen) atoms. The monoisotopic (exact) mass is 424 g/mol. The first-order valence-corrected chi connectivity index (χ1v) is 10.5. The van der Waals surface area contributed by atoms with Crippen molar-refractivity contribution in [2.75, 3.05) is 14.2 Å². The Labute approximate surface area is 187 Å². The Hall–Kier alpha value is -4.06. The summed E-state index contributed by atoms with van der Waals surface area (Å²) in [5, 5.41) is 9.57. The number of nitrogens with one attached hydrogen (secondary N) is 1. The molecule has 5 rings (SSSR count). The average molecular weight is 425 g/mol. The highest BCUT2D eigenvalue weighted by molar-refractivity contribution is 6.02. The van der Waals surface area contributed by atoms with Gasteiger partial charge in [-0.1, -0.05) is 18.2 Å². The van der Waals surface area contributed by atoms with Crippen LogP contribution in [0.2, 0.25) is 0 Å². The molecule has 0 aliphatic carbocycles. The maximum absolute atomic E-state index is 5.32. The van der Waals surface area contributed by atoms with Crippen molar-refractivity contribution < 1.29 is 9.47 Å². The van der Waals surface area contributed by atoms with Crippen molar-refractivity contribution in [3.8, 4) is 28.4 Å². The van der Waals surface area contributed by atoms with E-state index in [0.29, 0.717) is 0 Å². The molecular weight excluding hydrogens is 400 g/mol. The number of aromatic nitrogens is 2. The van der Waals surface area contributed by atoms with Crippen molar-refractivity contribution in [3.63, 3.8) is 0 Å². The summed E-state index contributed by atoms with van der Waals surface area (Å²) in [6.07, 6.45) is 2.87. The van der Waals surface area contributed by atoms with Crippen LogP contribution in [0.5, 0.6) is 11.5 Å². The Bertz CT molecular complexity index is 1230. The quantitative estimate of drug-likeness (QED) is 0.473. The second kappa shape index (κ2) is 8.59. The van der Waals surface area contributed by atoms with Crippen molar-refractivity contribution in [2.24, 2.45) is 5.10 Å². The van der Waals surface area contributed by atoms with Crippen molar-refractivity contribution in [1.29, 1.82) is 0 Å². The zero-order valence-electron chi connectivity index (χ0n) is 18.0. The topological polar surface area (TPSA) is 60.7 Å². The SMILES string of the molecule is COc1ccc(C2=NNC(c3cn(-c4ccccc4)nc3-c3ccc(OC)cc3)C2)cc1. The van der Waals surface area contributed by atoms with E-state index in [0.717, 1.165) is 51.7 Å². The van der Waals surface area contributed by atoms with Gasteiger partial charge in [0.05, 0.1) is 37.4 Å². The van der Waals surface area contributed by atoms with Crippen LogP contribution in [0.1, 0.15) is 23.6 Å². The minimum atomic E-state index is 0.0293. The van der Waals surface area contributed by atoms with Gasteiger partial charge in [-0.25, -0.2) is 4.68 Å². The summed E-state index contributed by atoms with van der Waals surface area (Å²) in [6.45, 7) is 0. The number of para-hydroxylation sites is 1. The van der Waals surface area contributed by atoms with E-state index in [1.165, 1.54) is 0 Å². The van der Waals surface area contributed by atoms with E-state index in [1.807, 2.05) is 71.4 Å². The van der Waals surface area contributed by atoms with Crippen LogP contribution in [-0.4, -0.2) is 29.7 Å². The Morgan fingerprint density at radius 2 is 1.44 bits per heavy atom. The number of hydrogen-bond acceptors (Lipinski definition) is 5. The Balaban J connectivity index is 1.48. The molecular formula is C26H24N4O2. The first-order chi connectivity index (χ1) is 15.7. The lowest BCUT2D eigenvalue weighted by Crippen LogP contribution is -2.10. The van der Waals surface area contributed by atoms with Crippen LogP contribution in [0, 0.1) is 0 Å². The minimum absolute atomic E-state index is 0.0293. The normalized spacial score (nSPS) is 15.2. The van der Waals surface area contributed by atoms with Crippen LogP contribution < -0.4 is 14.9 Å². The van der Waals surface area contributed by atoms with Crippen molar-refractivity contribution in [2.45, 2.75) is 12.5 Å². The molecule has 0 fully saturated rings. The second-order valence-corrected chi connectivity index (χ2v) is 7.61. The maximum Gasteiger partial charge on any atom is 0.118 e. The first kappa shape index (κ1) is 19.9. The fourth-order valence-electron chi connectivity index (χ4n) is 3.91. The number of hydrazone groups is 1. The number of nitrogens with zero attached hydrogens (tertiary/aromatic N) is 3. The highest BCUT2D eigenvalue weighted by atomic mass is 16.5. The van der Waals surface area contributed by atoms with E-state index >= 15 is 0 Å². The molecule has 1 aliphatic rings. The molecule has 1 aromatic heterocycles. The van der Waals surface area contributed by atoms with Gasteiger partial charge in [0.25, 0.3) is 0 Å². The fraction of sp³-hybridized carbons (Fsp3) is 0.154. The lowest BCUT2D eigenvalue weighted by Gasteiger charge is -2.10. The van der Waals surface area contributed by atoms with Gasteiger partial charge in [-0.15, -0.1) is 0 Å². The first-order valence-electron chi connectivity index (χ1n) is 10.5. The number of methoxy groups -OCH3 is 2. The van der Waals surface area contributed by atoms with E-state index in [9.17, 15) is 0 Å². The molecule has 0 saturated carbocycles. The molecule has 3 aromatic carbocycles. The molecule has 6 nitrogen and oxygen atoms in total. The number of rotatable bonds is 6. The second-order valence-electron chi connectivity index (χ2n) is 7.61. The molecule has 160 valence electrons. The van der Waals surface area contributed by atoms with Crippen LogP contribution in [0.3, 0.4) is 0 Å². The predicted molar refractivity (Wildman–Crippen MR) is 126 cm³/mol. The largest absolute Gasteiger partial charge is 0.497 e. The predicted octanol–water partition coefficient (Wildman–Crippen LogP) is 5.00. The maximum atomic E-state index is 5.32. The molecule has 0 bridgehead atoms. The van der Waals surface area contributed by atoms with Crippen LogP contribution in [0.25, 0.3) is 16.9 Å². The summed E-state index contributed by atoms with van der Waals surface area (Å²) in [5.74, 6) is 1.66. The van der Waals surface area contributed by atoms with Crippen molar-refractivity contribution in [1.82, 2.24) is 15.2 Å².